The Morgan fingerprint density at radius 3 is 2.69 bits per heavy atom. The molecule has 6 nitrogen and oxygen atoms in total. The zero-order valence-electron chi connectivity index (χ0n) is 13.9. The molecule has 0 aliphatic heterocycles. The van der Waals surface area contributed by atoms with Crippen LogP contribution >= 0.6 is 23.1 Å². The standard InChI is InChI=1S/C18H15N5OS2/c1-23-14-10-6-5-9-13(14)19-18(23)25-11-15(24)20-17-22-21-16(26-17)12-7-3-2-4-8-12/h2-10H,11H2,1H3,(H,20,22,24). The van der Waals surface area contributed by atoms with Crippen LogP contribution in [0.5, 0.6) is 0 Å². The molecule has 0 atom stereocenters. The zero-order valence-corrected chi connectivity index (χ0v) is 15.5. The predicted molar refractivity (Wildman–Crippen MR) is 105 cm³/mol. The van der Waals surface area contributed by atoms with Crippen LogP contribution in [0.1, 0.15) is 0 Å². The van der Waals surface area contributed by atoms with Gasteiger partial charge in [-0.25, -0.2) is 4.98 Å². The number of aryl methyl sites for hydroxylation is 1. The summed E-state index contributed by atoms with van der Waals surface area (Å²) in [5, 5.41) is 13.1. The first-order valence-corrected chi connectivity index (χ1v) is 9.74. The van der Waals surface area contributed by atoms with Crippen LogP contribution < -0.4 is 5.32 Å². The van der Waals surface area contributed by atoms with Gasteiger partial charge in [-0.15, -0.1) is 10.2 Å². The molecule has 0 saturated carbocycles. The van der Waals surface area contributed by atoms with Crippen molar-refractivity contribution >= 4 is 45.2 Å². The number of hydrogen-bond acceptors (Lipinski definition) is 6. The van der Waals surface area contributed by atoms with Crippen LogP contribution in [0.3, 0.4) is 0 Å². The Bertz CT molecular complexity index is 1060. The molecule has 0 bridgehead atoms. The number of para-hydroxylation sites is 2. The molecular weight excluding hydrogens is 366 g/mol. The molecule has 0 spiro atoms. The van der Waals surface area contributed by atoms with E-state index in [9.17, 15) is 4.79 Å². The molecule has 2 heterocycles. The summed E-state index contributed by atoms with van der Waals surface area (Å²) in [4.78, 5) is 16.8. The average Bonchev–Trinajstić information content (AvgIpc) is 3.26. The number of fused-ring (bicyclic) bond motifs is 1. The maximum atomic E-state index is 12.2. The summed E-state index contributed by atoms with van der Waals surface area (Å²) in [5.41, 5.74) is 2.96. The fourth-order valence-corrected chi connectivity index (χ4v) is 4.06. The molecule has 26 heavy (non-hydrogen) atoms. The van der Waals surface area contributed by atoms with Crippen LogP contribution in [0, 0.1) is 0 Å². The van der Waals surface area contributed by atoms with E-state index in [-0.39, 0.29) is 11.7 Å². The van der Waals surface area contributed by atoms with Gasteiger partial charge in [0.05, 0.1) is 16.8 Å². The fourth-order valence-electron chi connectivity index (χ4n) is 2.51. The monoisotopic (exact) mass is 381 g/mol. The molecule has 0 fully saturated rings. The Kier molecular flexibility index (Phi) is 4.68. The van der Waals surface area contributed by atoms with E-state index in [4.69, 9.17) is 0 Å². The van der Waals surface area contributed by atoms with E-state index in [2.05, 4.69) is 20.5 Å². The van der Waals surface area contributed by atoms with Crippen molar-refractivity contribution in [1.82, 2.24) is 19.7 Å². The van der Waals surface area contributed by atoms with Crippen LogP contribution in [0.4, 0.5) is 5.13 Å². The second kappa shape index (κ2) is 7.27. The highest BCUT2D eigenvalue weighted by Crippen LogP contribution is 2.26. The van der Waals surface area contributed by atoms with E-state index in [1.165, 1.54) is 23.1 Å². The number of rotatable bonds is 5. The van der Waals surface area contributed by atoms with E-state index >= 15 is 0 Å². The van der Waals surface area contributed by atoms with Crippen LogP contribution in [-0.4, -0.2) is 31.4 Å². The number of hydrogen-bond donors (Lipinski definition) is 1. The summed E-state index contributed by atoms with van der Waals surface area (Å²) >= 11 is 2.76. The van der Waals surface area contributed by atoms with Gasteiger partial charge in [0.2, 0.25) is 11.0 Å². The highest BCUT2D eigenvalue weighted by atomic mass is 32.2. The molecule has 0 saturated heterocycles. The van der Waals surface area contributed by atoms with Crippen molar-refractivity contribution in [1.29, 1.82) is 0 Å². The molecule has 4 rings (SSSR count). The van der Waals surface area contributed by atoms with Gasteiger partial charge in [-0.3, -0.25) is 10.1 Å². The van der Waals surface area contributed by atoms with Crippen LogP contribution in [0.25, 0.3) is 21.6 Å². The van der Waals surface area contributed by atoms with Crippen molar-refractivity contribution in [3.8, 4) is 10.6 Å². The molecule has 130 valence electrons. The lowest BCUT2D eigenvalue weighted by molar-refractivity contribution is -0.113. The molecule has 0 radical (unpaired) electrons. The van der Waals surface area contributed by atoms with Gasteiger partial charge in [0, 0.05) is 12.6 Å². The lowest BCUT2D eigenvalue weighted by atomic mass is 10.2. The highest BCUT2D eigenvalue weighted by Gasteiger charge is 2.12. The normalized spacial score (nSPS) is 11.0. The number of carbonyl (C=O) groups excluding carboxylic acids is 1. The van der Waals surface area contributed by atoms with E-state index < -0.39 is 0 Å². The molecule has 1 amide bonds. The third-order valence-electron chi connectivity index (χ3n) is 3.77. The SMILES string of the molecule is Cn1c(SCC(=O)Nc2nnc(-c3ccccc3)s2)nc2ccccc21. The number of aromatic nitrogens is 4. The number of benzene rings is 2. The summed E-state index contributed by atoms with van der Waals surface area (Å²) in [7, 11) is 1.95. The van der Waals surface area contributed by atoms with Crippen molar-refractivity contribution < 1.29 is 4.79 Å². The molecule has 2 aromatic heterocycles. The zero-order chi connectivity index (χ0) is 17.9. The Morgan fingerprint density at radius 2 is 1.88 bits per heavy atom. The second-order valence-corrected chi connectivity index (χ2v) is 7.48. The van der Waals surface area contributed by atoms with E-state index in [1.54, 1.807) is 0 Å². The highest BCUT2D eigenvalue weighted by molar-refractivity contribution is 7.99. The first-order chi connectivity index (χ1) is 12.7. The molecule has 0 aliphatic carbocycles. The Hall–Kier alpha value is -2.71. The predicted octanol–water partition coefficient (Wildman–Crippen LogP) is 3.82. The molecule has 1 N–H and O–H groups in total. The first kappa shape index (κ1) is 16.7. The lowest BCUT2D eigenvalue weighted by Gasteiger charge is -2.02. The number of imidazole rings is 1. The van der Waals surface area contributed by atoms with Crippen LogP contribution in [0.2, 0.25) is 0 Å². The van der Waals surface area contributed by atoms with E-state index in [1.807, 2.05) is 66.2 Å². The molecule has 0 unspecified atom stereocenters. The number of nitrogens with one attached hydrogen (secondary N) is 1. The van der Waals surface area contributed by atoms with Crippen molar-refractivity contribution in [3.05, 3.63) is 54.6 Å². The Balaban J connectivity index is 1.40. The van der Waals surface area contributed by atoms with Gasteiger partial charge in [0.15, 0.2) is 5.16 Å². The number of nitrogens with zero attached hydrogens (tertiary/aromatic N) is 4. The first-order valence-electron chi connectivity index (χ1n) is 7.94. The number of anilines is 1. The number of amides is 1. The van der Waals surface area contributed by atoms with Gasteiger partial charge < -0.3 is 4.57 Å². The summed E-state index contributed by atoms with van der Waals surface area (Å²) in [6.45, 7) is 0. The fraction of sp³-hybridized carbons (Fsp3) is 0.111. The maximum Gasteiger partial charge on any atom is 0.236 e. The van der Waals surface area contributed by atoms with Gasteiger partial charge in [-0.2, -0.15) is 0 Å². The summed E-state index contributed by atoms with van der Waals surface area (Å²) in [6.07, 6.45) is 0. The largest absolute Gasteiger partial charge is 0.322 e. The third kappa shape index (κ3) is 3.47. The average molecular weight is 381 g/mol. The van der Waals surface area contributed by atoms with Crippen LogP contribution in [0.15, 0.2) is 59.8 Å². The van der Waals surface area contributed by atoms with Gasteiger partial charge in [-0.1, -0.05) is 65.6 Å². The van der Waals surface area contributed by atoms with E-state index in [0.717, 1.165) is 26.8 Å². The third-order valence-corrected chi connectivity index (χ3v) is 5.69. The van der Waals surface area contributed by atoms with Gasteiger partial charge in [-0.05, 0) is 12.1 Å². The molecule has 8 heteroatoms. The van der Waals surface area contributed by atoms with Gasteiger partial charge in [0.1, 0.15) is 5.01 Å². The number of thioether (sulfide) groups is 1. The topological polar surface area (TPSA) is 72.7 Å². The molecule has 0 aliphatic rings. The summed E-state index contributed by atoms with van der Waals surface area (Å²) < 4.78 is 1.99. The Morgan fingerprint density at radius 1 is 1.12 bits per heavy atom. The Labute approximate surface area is 158 Å². The van der Waals surface area contributed by atoms with E-state index in [0.29, 0.717) is 5.13 Å². The smallest absolute Gasteiger partial charge is 0.236 e. The molecule has 4 aromatic rings. The van der Waals surface area contributed by atoms with Crippen molar-refractivity contribution in [2.45, 2.75) is 5.16 Å². The number of carbonyl (C=O) groups is 1. The maximum absolute atomic E-state index is 12.2. The van der Waals surface area contributed by atoms with Crippen molar-refractivity contribution in [2.24, 2.45) is 7.05 Å². The minimum absolute atomic E-state index is 0.127. The second-order valence-electron chi connectivity index (χ2n) is 5.56. The minimum Gasteiger partial charge on any atom is -0.322 e. The van der Waals surface area contributed by atoms with Crippen molar-refractivity contribution in [2.75, 3.05) is 11.1 Å². The minimum atomic E-state index is -0.127. The van der Waals surface area contributed by atoms with Gasteiger partial charge >= 0.3 is 0 Å². The van der Waals surface area contributed by atoms with Crippen molar-refractivity contribution in [3.63, 3.8) is 0 Å². The summed E-state index contributed by atoms with van der Waals surface area (Å²) in [5.74, 6) is 0.134. The molecular formula is C18H15N5OS2. The van der Waals surface area contributed by atoms with Crippen LogP contribution in [-0.2, 0) is 11.8 Å². The quantitative estimate of drug-likeness (QED) is 0.532. The summed E-state index contributed by atoms with van der Waals surface area (Å²) in [6, 6.07) is 17.7. The lowest BCUT2D eigenvalue weighted by Crippen LogP contribution is -2.14. The van der Waals surface area contributed by atoms with Gasteiger partial charge in [0.25, 0.3) is 0 Å². The molecule has 2 aromatic carbocycles.